The molecule has 1 aliphatic carbocycles. The Kier molecular flexibility index (Phi) is 6.76. The molecule has 2 aromatic rings. The van der Waals surface area contributed by atoms with Gasteiger partial charge >= 0.3 is 0 Å². The Morgan fingerprint density at radius 2 is 1.88 bits per heavy atom. The Morgan fingerprint density at radius 3 is 2.73 bits per heavy atom. The van der Waals surface area contributed by atoms with Gasteiger partial charge in [-0.1, -0.05) is 42.5 Å². The molecule has 33 heavy (non-hydrogen) atoms. The van der Waals surface area contributed by atoms with Crippen LogP contribution in [-0.4, -0.2) is 61.7 Å². The topological polar surface area (TPSA) is 68.2 Å². The highest BCUT2D eigenvalue weighted by Gasteiger charge is 2.33. The van der Waals surface area contributed by atoms with E-state index >= 15 is 0 Å². The number of morpholine rings is 1. The van der Waals surface area contributed by atoms with Crippen LogP contribution in [0.3, 0.4) is 0 Å². The lowest BCUT2D eigenvalue weighted by molar-refractivity contribution is -0.155. The van der Waals surface area contributed by atoms with Crippen molar-refractivity contribution in [3.8, 4) is 11.1 Å². The summed E-state index contributed by atoms with van der Waals surface area (Å²) in [7, 11) is 0. The Morgan fingerprint density at radius 1 is 1.06 bits per heavy atom. The average molecular weight is 450 g/mol. The maximum atomic E-state index is 13.3. The highest BCUT2D eigenvalue weighted by Crippen LogP contribution is 2.43. The molecule has 6 heteroatoms. The molecule has 3 aliphatic rings. The molecule has 1 fully saturated rings. The van der Waals surface area contributed by atoms with Gasteiger partial charge in [0.25, 0.3) is 5.91 Å². The predicted molar refractivity (Wildman–Crippen MR) is 125 cm³/mol. The van der Waals surface area contributed by atoms with Crippen LogP contribution < -0.4 is 0 Å². The van der Waals surface area contributed by atoms with E-state index in [9.17, 15) is 4.79 Å². The van der Waals surface area contributed by atoms with Gasteiger partial charge in [-0.2, -0.15) is 0 Å². The fraction of sp³-hybridized carbons (Fsp3) is 0.444. The minimum absolute atomic E-state index is 0.0332. The molecule has 2 unspecified atom stereocenters. The van der Waals surface area contributed by atoms with E-state index in [1.807, 2.05) is 6.08 Å². The summed E-state index contributed by atoms with van der Waals surface area (Å²) in [6, 6.07) is 15.0. The molecule has 6 nitrogen and oxygen atoms in total. The monoisotopic (exact) mass is 449 g/mol. The third kappa shape index (κ3) is 4.69. The van der Waals surface area contributed by atoms with Crippen molar-refractivity contribution in [1.82, 2.24) is 4.90 Å². The molecular formula is C27H31NO5. The molecule has 0 aromatic heterocycles. The van der Waals surface area contributed by atoms with E-state index in [0.717, 1.165) is 12.8 Å². The first-order valence-electron chi connectivity index (χ1n) is 11.9. The number of allylic oxidation sites excluding steroid dienone is 1. The molecular weight excluding hydrogens is 418 g/mol. The summed E-state index contributed by atoms with van der Waals surface area (Å²) in [6.45, 7) is 2.89. The van der Waals surface area contributed by atoms with Crippen molar-refractivity contribution in [2.75, 3.05) is 39.5 Å². The minimum atomic E-state index is -0.488. The molecule has 1 N–H and O–H groups in total. The van der Waals surface area contributed by atoms with E-state index in [4.69, 9.17) is 19.3 Å². The third-order valence-electron chi connectivity index (χ3n) is 6.71. The maximum Gasteiger partial charge on any atom is 0.288 e. The van der Waals surface area contributed by atoms with Crippen molar-refractivity contribution in [2.24, 2.45) is 0 Å². The van der Waals surface area contributed by atoms with Gasteiger partial charge < -0.3 is 24.2 Å². The summed E-state index contributed by atoms with van der Waals surface area (Å²) >= 11 is 0. The maximum absolute atomic E-state index is 13.3. The van der Waals surface area contributed by atoms with Crippen LogP contribution in [0.2, 0.25) is 0 Å². The molecule has 5 rings (SSSR count). The number of carbonyl (C=O) groups is 1. The van der Waals surface area contributed by atoms with E-state index in [-0.39, 0.29) is 18.4 Å². The highest BCUT2D eigenvalue weighted by atomic mass is 16.7. The van der Waals surface area contributed by atoms with Crippen LogP contribution in [0, 0.1) is 0 Å². The number of fused-ring (bicyclic) bond motifs is 3. The molecule has 1 amide bonds. The van der Waals surface area contributed by atoms with Gasteiger partial charge in [0, 0.05) is 32.0 Å². The van der Waals surface area contributed by atoms with E-state index in [0.29, 0.717) is 51.5 Å². The van der Waals surface area contributed by atoms with Crippen LogP contribution in [0.4, 0.5) is 0 Å². The van der Waals surface area contributed by atoms with Gasteiger partial charge in [-0.15, -0.1) is 0 Å². The number of nitrogens with zero attached hydrogens (tertiary/aromatic N) is 1. The van der Waals surface area contributed by atoms with Crippen LogP contribution in [0.5, 0.6) is 0 Å². The Hall–Kier alpha value is -2.67. The van der Waals surface area contributed by atoms with Gasteiger partial charge in [-0.05, 0) is 53.2 Å². The van der Waals surface area contributed by atoms with Crippen LogP contribution in [0.25, 0.3) is 11.1 Å². The SMILES string of the molecule is O=C(C1=CC(c2cccc3c2Cc2ccccc2-3)CC(OCCCCO)O1)N1CCOCC1. The number of hydrogen-bond donors (Lipinski definition) is 1. The number of rotatable bonds is 7. The molecule has 2 aromatic carbocycles. The normalized spacial score (nSPS) is 21.7. The number of unbranched alkanes of at least 4 members (excludes halogenated alkanes) is 1. The highest BCUT2D eigenvalue weighted by molar-refractivity contribution is 5.92. The van der Waals surface area contributed by atoms with E-state index < -0.39 is 6.29 Å². The predicted octanol–water partition coefficient (Wildman–Crippen LogP) is 3.62. The summed E-state index contributed by atoms with van der Waals surface area (Å²) in [4.78, 5) is 15.1. The number of amides is 1. The summed E-state index contributed by atoms with van der Waals surface area (Å²) in [5.74, 6) is 0.307. The van der Waals surface area contributed by atoms with Crippen molar-refractivity contribution in [1.29, 1.82) is 0 Å². The molecule has 0 radical (unpaired) electrons. The number of benzene rings is 2. The summed E-state index contributed by atoms with van der Waals surface area (Å²) < 4.78 is 17.5. The Bertz CT molecular complexity index is 1030. The first kappa shape index (κ1) is 22.1. The largest absolute Gasteiger partial charge is 0.459 e. The van der Waals surface area contributed by atoms with Crippen molar-refractivity contribution in [2.45, 2.75) is 37.9 Å². The summed E-state index contributed by atoms with van der Waals surface area (Å²) in [5, 5.41) is 9.06. The van der Waals surface area contributed by atoms with Gasteiger partial charge in [0.15, 0.2) is 5.76 Å². The minimum Gasteiger partial charge on any atom is -0.459 e. The van der Waals surface area contributed by atoms with Crippen LogP contribution in [0.1, 0.15) is 41.9 Å². The Labute approximate surface area is 194 Å². The molecule has 0 spiro atoms. The number of ether oxygens (including phenoxy) is 3. The lowest BCUT2D eigenvalue weighted by atomic mass is 9.87. The van der Waals surface area contributed by atoms with Gasteiger partial charge in [-0.3, -0.25) is 4.79 Å². The van der Waals surface area contributed by atoms with Gasteiger partial charge in [0.1, 0.15) is 0 Å². The number of hydrogen-bond acceptors (Lipinski definition) is 5. The van der Waals surface area contributed by atoms with Crippen molar-refractivity contribution in [3.63, 3.8) is 0 Å². The molecule has 1 saturated heterocycles. The second kappa shape index (κ2) is 10.1. The van der Waals surface area contributed by atoms with E-state index in [1.165, 1.54) is 27.8 Å². The zero-order chi connectivity index (χ0) is 22.6. The van der Waals surface area contributed by atoms with Gasteiger partial charge in [0.2, 0.25) is 6.29 Å². The number of aliphatic hydroxyl groups is 1. The molecule has 2 aliphatic heterocycles. The first-order valence-corrected chi connectivity index (χ1v) is 11.9. The molecule has 2 heterocycles. The second-order valence-electron chi connectivity index (χ2n) is 8.83. The van der Waals surface area contributed by atoms with E-state index in [2.05, 4.69) is 42.5 Å². The molecule has 0 saturated carbocycles. The van der Waals surface area contributed by atoms with Gasteiger partial charge in [0.05, 0.1) is 19.8 Å². The first-order chi connectivity index (χ1) is 16.2. The number of aliphatic hydroxyl groups excluding tert-OH is 1. The second-order valence-corrected chi connectivity index (χ2v) is 8.83. The quantitative estimate of drug-likeness (QED) is 0.558. The summed E-state index contributed by atoms with van der Waals surface area (Å²) in [5.41, 5.74) is 6.50. The van der Waals surface area contributed by atoms with Crippen molar-refractivity contribution >= 4 is 5.91 Å². The lowest BCUT2D eigenvalue weighted by Gasteiger charge is -2.33. The van der Waals surface area contributed by atoms with Crippen LogP contribution >= 0.6 is 0 Å². The molecule has 0 bridgehead atoms. The zero-order valence-corrected chi connectivity index (χ0v) is 18.9. The average Bonchev–Trinajstić information content (AvgIpc) is 3.25. The standard InChI is InChI=1S/C27H31NO5/c29-12-3-4-13-32-26-18-20(17-25(33-26)27(30)28-10-14-31-15-11-28)22-8-5-9-23-21-7-2-1-6-19(21)16-24(22)23/h1-2,5-9,17,20,26,29H,3-4,10-16,18H2. The van der Waals surface area contributed by atoms with Gasteiger partial charge in [-0.25, -0.2) is 0 Å². The molecule has 174 valence electrons. The molecule has 2 atom stereocenters. The lowest BCUT2D eigenvalue weighted by Crippen LogP contribution is -2.43. The van der Waals surface area contributed by atoms with Crippen LogP contribution in [0.15, 0.2) is 54.3 Å². The zero-order valence-electron chi connectivity index (χ0n) is 18.9. The number of carbonyl (C=O) groups excluding carboxylic acids is 1. The Balaban J connectivity index is 1.43. The fourth-order valence-electron chi connectivity index (χ4n) is 5.01. The van der Waals surface area contributed by atoms with Crippen molar-refractivity contribution in [3.05, 3.63) is 71.0 Å². The van der Waals surface area contributed by atoms with E-state index in [1.54, 1.807) is 4.90 Å². The van der Waals surface area contributed by atoms with Crippen molar-refractivity contribution < 1.29 is 24.1 Å². The smallest absolute Gasteiger partial charge is 0.288 e. The third-order valence-corrected chi connectivity index (χ3v) is 6.71. The van der Waals surface area contributed by atoms with Crippen LogP contribution in [-0.2, 0) is 25.4 Å². The fourth-order valence-corrected chi connectivity index (χ4v) is 5.01. The summed E-state index contributed by atoms with van der Waals surface area (Å²) in [6.07, 6.45) is 4.51.